The second kappa shape index (κ2) is 10.4. The number of esters is 1. The van der Waals surface area contributed by atoms with Gasteiger partial charge in [0, 0.05) is 4.90 Å². The number of hydrogen-bond donors (Lipinski definition) is 1. The fourth-order valence-electron chi connectivity index (χ4n) is 2.02. The number of benzene rings is 2. The molecule has 0 saturated carbocycles. The summed E-state index contributed by atoms with van der Waals surface area (Å²) in [5, 5.41) is 3.71. The van der Waals surface area contributed by atoms with Crippen molar-refractivity contribution in [2.75, 3.05) is 13.7 Å². The van der Waals surface area contributed by atoms with E-state index in [4.69, 9.17) is 4.74 Å². The second-order valence-corrected chi connectivity index (χ2v) is 7.16. The first kappa shape index (κ1) is 20.5. The maximum atomic E-state index is 12.2. The predicted octanol–water partition coefficient (Wildman–Crippen LogP) is 3.18. The van der Waals surface area contributed by atoms with Gasteiger partial charge in [-0.15, -0.1) is 11.8 Å². The average Bonchev–Trinajstić information content (AvgIpc) is 2.68. The van der Waals surface area contributed by atoms with Crippen molar-refractivity contribution in [3.63, 3.8) is 0 Å². The van der Waals surface area contributed by atoms with Gasteiger partial charge < -0.3 is 9.47 Å². The first-order valence-corrected chi connectivity index (χ1v) is 9.22. The van der Waals surface area contributed by atoms with Crippen molar-refractivity contribution in [3.8, 4) is 5.75 Å². The summed E-state index contributed by atoms with van der Waals surface area (Å²) >= 11 is 1.47. The zero-order valence-corrected chi connectivity index (χ0v) is 16.3. The first-order valence-electron chi connectivity index (χ1n) is 8.34. The normalized spacial score (nSPS) is 11.8. The molecule has 142 valence electrons. The van der Waals surface area contributed by atoms with E-state index in [0.29, 0.717) is 5.75 Å². The van der Waals surface area contributed by atoms with Crippen LogP contribution in [0.15, 0.2) is 58.5 Å². The lowest BCUT2D eigenvalue weighted by Crippen LogP contribution is -2.26. The number of rotatable bonds is 8. The van der Waals surface area contributed by atoms with E-state index in [2.05, 4.69) is 15.3 Å². The van der Waals surface area contributed by atoms with Crippen molar-refractivity contribution < 1.29 is 19.1 Å². The van der Waals surface area contributed by atoms with Crippen LogP contribution < -0.4 is 10.2 Å². The average molecular weight is 386 g/mol. The van der Waals surface area contributed by atoms with E-state index in [1.807, 2.05) is 44.2 Å². The minimum Gasteiger partial charge on any atom is -0.482 e. The molecule has 0 fully saturated rings. The number of nitrogens with zero attached hydrogens (tertiary/aromatic N) is 1. The van der Waals surface area contributed by atoms with Crippen molar-refractivity contribution in [3.05, 3.63) is 59.7 Å². The Hall–Kier alpha value is -2.80. The Balaban J connectivity index is 1.85. The van der Waals surface area contributed by atoms with Crippen LogP contribution in [0.25, 0.3) is 0 Å². The van der Waals surface area contributed by atoms with Crippen LogP contribution in [0.3, 0.4) is 0 Å². The van der Waals surface area contributed by atoms with Crippen LogP contribution in [0.4, 0.5) is 0 Å². The molecule has 0 heterocycles. The SMILES string of the molecule is COC(=O)COc1cccc(/C=N\NC(=O)[C@H](C)Sc2ccc(C)cc2)c1. The van der Waals surface area contributed by atoms with Gasteiger partial charge in [-0.1, -0.05) is 29.8 Å². The fraction of sp³-hybridized carbons (Fsp3) is 0.250. The zero-order valence-electron chi connectivity index (χ0n) is 15.5. The molecule has 0 radical (unpaired) electrons. The minimum absolute atomic E-state index is 0.165. The fourth-order valence-corrected chi connectivity index (χ4v) is 2.88. The highest BCUT2D eigenvalue weighted by atomic mass is 32.2. The van der Waals surface area contributed by atoms with E-state index in [1.165, 1.54) is 30.6 Å². The molecule has 1 amide bonds. The Morgan fingerprint density at radius 2 is 1.96 bits per heavy atom. The molecule has 2 rings (SSSR count). The number of nitrogens with one attached hydrogen (secondary N) is 1. The molecule has 0 aromatic heterocycles. The highest BCUT2D eigenvalue weighted by Crippen LogP contribution is 2.23. The summed E-state index contributed by atoms with van der Waals surface area (Å²) in [5.74, 6) is -0.129. The smallest absolute Gasteiger partial charge is 0.343 e. The molecule has 27 heavy (non-hydrogen) atoms. The quantitative estimate of drug-likeness (QED) is 0.326. The van der Waals surface area contributed by atoms with Crippen molar-refractivity contribution in [1.82, 2.24) is 5.43 Å². The van der Waals surface area contributed by atoms with Crippen LogP contribution in [0.2, 0.25) is 0 Å². The third-order valence-electron chi connectivity index (χ3n) is 3.53. The molecule has 0 saturated heterocycles. The summed E-state index contributed by atoms with van der Waals surface area (Å²) in [4.78, 5) is 24.3. The van der Waals surface area contributed by atoms with Crippen LogP contribution in [0.1, 0.15) is 18.1 Å². The van der Waals surface area contributed by atoms with Gasteiger partial charge in [0.05, 0.1) is 18.6 Å². The topological polar surface area (TPSA) is 77.0 Å². The first-order chi connectivity index (χ1) is 13.0. The number of carbonyl (C=O) groups is 2. The lowest BCUT2D eigenvalue weighted by Gasteiger charge is -2.09. The number of ether oxygens (including phenoxy) is 2. The van der Waals surface area contributed by atoms with Crippen LogP contribution in [0.5, 0.6) is 5.75 Å². The van der Waals surface area contributed by atoms with E-state index in [1.54, 1.807) is 18.2 Å². The van der Waals surface area contributed by atoms with E-state index in [9.17, 15) is 9.59 Å². The molecule has 0 spiro atoms. The maximum absolute atomic E-state index is 12.2. The molecular weight excluding hydrogens is 364 g/mol. The number of thioether (sulfide) groups is 1. The van der Waals surface area contributed by atoms with Crippen LogP contribution in [-0.2, 0) is 14.3 Å². The Morgan fingerprint density at radius 3 is 2.67 bits per heavy atom. The molecule has 6 nitrogen and oxygen atoms in total. The molecule has 0 aliphatic heterocycles. The Morgan fingerprint density at radius 1 is 1.22 bits per heavy atom. The minimum atomic E-state index is -0.457. The summed E-state index contributed by atoms with van der Waals surface area (Å²) in [5.41, 5.74) is 4.45. The van der Waals surface area contributed by atoms with E-state index < -0.39 is 5.97 Å². The zero-order chi connectivity index (χ0) is 19.6. The van der Waals surface area contributed by atoms with Crippen LogP contribution >= 0.6 is 11.8 Å². The molecule has 1 N–H and O–H groups in total. The van der Waals surface area contributed by atoms with Gasteiger partial charge in [-0.3, -0.25) is 4.79 Å². The van der Waals surface area contributed by atoms with Gasteiger partial charge >= 0.3 is 5.97 Å². The molecule has 2 aromatic rings. The molecule has 0 bridgehead atoms. The summed E-state index contributed by atoms with van der Waals surface area (Å²) in [6.45, 7) is 3.69. The molecule has 1 atom stereocenters. The third kappa shape index (κ3) is 7.15. The molecule has 2 aromatic carbocycles. The van der Waals surface area contributed by atoms with Gasteiger partial charge in [0.15, 0.2) is 6.61 Å². The summed E-state index contributed by atoms with van der Waals surface area (Å²) in [6.07, 6.45) is 1.52. The van der Waals surface area contributed by atoms with Crippen molar-refractivity contribution >= 4 is 29.9 Å². The number of hydrogen-bond acceptors (Lipinski definition) is 6. The van der Waals surface area contributed by atoms with Gasteiger partial charge in [0.2, 0.25) is 0 Å². The Bertz CT molecular complexity index is 806. The number of methoxy groups -OCH3 is 1. The predicted molar refractivity (Wildman–Crippen MR) is 106 cm³/mol. The van der Waals surface area contributed by atoms with Gasteiger partial charge in [-0.25, -0.2) is 10.2 Å². The van der Waals surface area contributed by atoms with Crippen molar-refractivity contribution in [2.24, 2.45) is 5.10 Å². The van der Waals surface area contributed by atoms with Crippen LogP contribution in [0, 0.1) is 6.92 Å². The standard InChI is InChI=1S/C20H22N2O4S/c1-14-7-9-18(10-8-14)27-15(2)20(24)22-21-12-16-5-4-6-17(11-16)26-13-19(23)25-3/h4-12,15H,13H2,1-3H3,(H,22,24)/b21-12-/t15-/m0/s1. The largest absolute Gasteiger partial charge is 0.482 e. The van der Waals surface area contributed by atoms with Crippen molar-refractivity contribution in [1.29, 1.82) is 0 Å². The summed E-state index contributed by atoms with van der Waals surface area (Å²) < 4.78 is 9.84. The number of aryl methyl sites for hydroxylation is 1. The van der Waals surface area contributed by atoms with Gasteiger partial charge in [-0.05, 0) is 43.7 Å². The lowest BCUT2D eigenvalue weighted by atomic mass is 10.2. The lowest BCUT2D eigenvalue weighted by molar-refractivity contribution is -0.142. The summed E-state index contributed by atoms with van der Waals surface area (Å²) in [6, 6.07) is 15.0. The number of hydrazone groups is 1. The highest BCUT2D eigenvalue weighted by molar-refractivity contribution is 8.00. The molecule has 0 aliphatic carbocycles. The van der Waals surface area contributed by atoms with E-state index in [0.717, 1.165) is 10.5 Å². The Kier molecular flexibility index (Phi) is 7.88. The van der Waals surface area contributed by atoms with Gasteiger partial charge in [-0.2, -0.15) is 5.10 Å². The molecule has 7 heteroatoms. The summed E-state index contributed by atoms with van der Waals surface area (Å²) in [7, 11) is 1.30. The molecular formula is C20H22N2O4S. The monoisotopic (exact) mass is 386 g/mol. The van der Waals surface area contributed by atoms with Crippen molar-refractivity contribution in [2.45, 2.75) is 24.0 Å². The van der Waals surface area contributed by atoms with Gasteiger partial charge in [0.1, 0.15) is 5.75 Å². The third-order valence-corrected chi connectivity index (χ3v) is 4.65. The Labute approximate surface area is 162 Å². The number of amides is 1. The molecule has 0 aliphatic rings. The molecule has 0 unspecified atom stereocenters. The maximum Gasteiger partial charge on any atom is 0.343 e. The second-order valence-electron chi connectivity index (χ2n) is 5.74. The van der Waals surface area contributed by atoms with E-state index in [-0.39, 0.29) is 17.8 Å². The van der Waals surface area contributed by atoms with E-state index >= 15 is 0 Å². The highest BCUT2D eigenvalue weighted by Gasteiger charge is 2.13. The van der Waals surface area contributed by atoms with Crippen LogP contribution in [-0.4, -0.2) is 37.1 Å². The number of carbonyl (C=O) groups excluding carboxylic acids is 2. The van der Waals surface area contributed by atoms with Gasteiger partial charge in [0.25, 0.3) is 5.91 Å².